The van der Waals surface area contributed by atoms with Crippen molar-refractivity contribution in [3.8, 4) is 5.75 Å². The number of hydrogen-bond donors (Lipinski definition) is 2. The van der Waals surface area contributed by atoms with Crippen molar-refractivity contribution in [1.82, 2.24) is 0 Å². The Bertz CT molecular complexity index is 389. The largest absolute Gasteiger partial charge is 0.508 e. The van der Waals surface area contributed by atoms with Crippen LogP contribution >= 0.6 is 15.9 Å². The first-order valence-corrected chi connectivity index (χ1v) is 5.96. The quantitative estimate of drug-likeness (QED) is 0.868. The molecule has 0 aromatic heterocycles. The van der Waals surface area contributed by atoms with Crippen LogP contribution in [-0.2, 0) is 0 Å². The van der Waals surface area contributed by atoms with Crippen LogP contribution in [0.2, 0.25) is 0 Å². The zero-order chi connectivity index (χ0) is 11.2. The van der Waals surface area contributed by atoms with Crippen LogP contribution in [-0.4, -0.2) is 11.7 Å². The smallest absolute Gasteiger partial charge is 0.115 e. The monoisotopic (exact) mass is 269 g/mol. The summed E-state index contributed by atoms with van der Waals surface area (Å²) in [5.41, 5.74) is 7.18. The van der Waals surface area contributed by atoms with Gasteiger partial charge in [-0.2, -0.15) is 0 Å². The molecular formula is C12H16BrNO. The summed E-state index contributed by atoms with van der Waals surface area (Å²) >= 11 is 3.53. The minimum absolute atomic E-state index is 0.255. The van der Waals surface area contributed by atoms with Gasteiger partial charge < -0.3 is 10.8 Å². The molecule has 82 valence electrons. The van der Waals surface area contributed by atoms with E-state index in [0.29, 0.717) is 24.1 Å². The lowest BCUT2D eigenvalue weighted by molar-refractivity contribution is 0.474. The SMILES string of the molecule is CC1(C)[C@@H](CN)[C@@H]1c1cc(O)ccc1Br. The van der Waals surface area contributed by atoms with Crippen molar-refractivity contribution < 1.29 is 5.11 Å². The van der Waals surface area contributed by atoms with Gasteiger partial charge in [-0.15, -0.1) is 0 Å². The predicted molar refractivity (Wildman–Crippen MR) is 64.9 cm³/mol. The van der Waals surface area contributed by atoms with E-state index in [1.807, 2.05) is 12.1 Å². The molecule has 2 rings (SSSR count). The van der Waals surface area contributed by atoms with Crippen molar-refractivity contribution in [3.05, 3.63) is 28.2 Å². The van der Waals surface area contributed by atoms with Crippen LogP contribution in [0.3, 0.4) is 0 Å². The minimum Gasteiger partial charge on any atom is -0.508 e. The molecule has 0 amide bonds. The number of nitrogens with two attached hydrogens (primary N) is 1. The molecule has 0 unspecified atom stereocenters. The van der Waals surface area contributed by atoms with Crippen LogP contribution in [0.25, 0.3) is 0 Å². The molecule has 1 aromatic rings. The molecule has 0 spiro atoms. The van der Waals surface area contributed by atoms with Crippen molar-refractivity contribution >= 4 is 15.9 Å². The molecule has 1 saturated carbocycles. The van der Waals surface area contributed by atoms with Crippen molar-refractivity contribution in [2.24, 2.45) is 17.1 Å². The Kier molecular flexibility index (Phi) is 2.55. The molecule has 1 fully saturated rings. The van der Waals surface area contributed by atoms with Gasteiger partial charge in [-0.25, -0.2) is 0 Å². The number of phenols is 1. The van der Waals surface area contributed by atoms with Gasteiger partial charge in [0.05, 0.1) is 0 Å². The average Bonchev–Trinajstić information content (AvgIpc) is 2.72. The summed E-state index contributed by atoms with van der Waals surface area (Å²) in [6.45, 7) is 5.16. The highest BCUT2D eigenvalue weighted by atomic mass is 79.9. The van der Waals surface area contributed by atoms with Crippen LogP contribution in [0.15, 0.2) is 22.7 Å². The number of halogens is 1. The summed E-state index contributed by atoms with van der Waals surface area (Å²) in [7, 11) is 0. The van der Waals surface area contributed by atoms with E-state index >= 15 is 0 Å². The Labute approximate surface area is 98.6 Å². The van der Waals surface area contributed by atoms with E-state index in [2.05, 4.69) is 29.8 Å². The second-order valence-electron chi connectivity index (χ2n) is 4.85. The average molecular weight is 270 g/mol. The Balaban J connectivity index is 2.36. The molecule has 0 saturated heterocycles. The Morgan fingerprint density at radius 2 is 2.13 bits per heavy atom. The van der Waals surface area contributed by atoms with Crippen LogP contribution in [0.1, 0.15) is 25.3 Å². The predicted octanol–water partition coefficient (Wildman–Crippen LogP) is 2.85. The first kappa shape index (κ1) is 11.0. The standard InChI is InChI=1S/C12H16BrNO/c1-12(2)9(6-14)11(12)8-5-7(15)3-4-10(8)13/h3-5,9,11,15H,6,14H2,1-2H3/t9-,11-/m0/s1. The summed E-state index contributed by atoms with van der Waals surface area (Å²) in [5.74, 6) is 1.31. The molecule has 0 heterocycles. The second-order valence-corrected chi connectivity index (χ2v) is 5.70. The molecule has 2 nitrogen and oxygen atoms in total. The van der Waals surface area contributed by atoms with Crippen LogP contribution in [0.5, 0.6) is 5.75 Å². The minimum atomic E-state index is 0.255. The Hall–Kier alpha value is -0.540. The van der Waals surface area contributed by atoms with Gasteiger partial charge in [-0.3, -0.25) is 0 Å². The number of hydrogen-bond acceptors (Lipinski definition) is 2. The summed E-state index contributed by atoms with van der Waals surface area (Å²) in [4.78, 5) is 0. The highest BCUT2D eigenvalue weighted by Gasteiger charge is 2.57. The molecular weight excluding hydrogens is 254 g/mol. The molecule has 1 aromatic carbocycles. The van der Waals surface area contributed by atoms with Gasteiger partial charge in [0, 0.05) is 4.47 Å². The molecule has 0 aliphatic heterocycles. The molecule has 15 heavy (non-hydrogen) atoms. The number of benzene rings is 1. The van der Waals surface area contributed by atoms with Gasteiger partial charge in [0.15, 0.2) is 0 Å². The lowest BCUT2D eigenvalue weighted by Crippen LogP contribution is -2.05. The third-order valence-corrected chi connectivity index (χ3v) is 4.34. The van der Waals surface area contributed by atoms with E-state index in [4.69, 9.17) is 5.73 Å². The molecule has 1 aliphatic rings. The topological polar surface area (TPSA) is 46.2 Å². The first-order chi connectivity index (χ1) is 6.98. The van der Waals surface area contributed by atoms with Crippen molar-refractivity contribution in [2.45, 2.75) is 19.8 Å². The molecule has 0 bridgehead atoms. The third-order valence-electron chi connectivity index (χ3n) is 3.62. The van der Waals surface area contributed by atoms with Crippen molar-refractivity contribution in [3.63, 3.8) is 0 Å². The number of aromatic hydroxyl groups is 1. The molecule has 3 heteroatoms. The van der Waals surface area contributed by atoms with E-state index in [0.717, 1.165) is 4.47 Å². The van der Waals surface area contributed by atoms with E-state index in [1.165, 1.54) is 5.56 Å². The maximum Gasteiger partial charge on any atom is 0.115 e. The number of rotatable bonds is 2. The van der Waals surface area contributed by atoms with Crippen molar-refractivity contribution in [2.75, 3.05) is 6.54 Å². The Morgan fingerprint density at radius 3 is 2.67 bits per heavy atom. The van der Waals surface area contributed by atoms with Crippen LogP contribution in [0.4, 0.5) is 0 Å². The van der Waals surface area contributed by atoms with E-state index in [9.17, 15) is 5.11 Å². The van der Waals surface area contributed by atoms with Crippen LogP contribution in [0, 0.1) is 11.3 Å². The van der Waals surface area contributed by atoms with Gasteiger partial charge in [-0.1, -0.05) is 29.8 Å². The zero-order valence-corrected chi connectivity index (χ0v) is 10.6. The molecule has 3 N–H and O–H groups in total. The summed E-state index contributed by atoms with van der Waals surface area (Å²) in [6.07, 6.45) is 0. The van der Waals surface area contributed by atoms with Gasteiger partial charge in [-0.05, 0) is 47.6 Å². The lowest BCUT2D eigenvalue weighted by atomic mass is 10.0. The number of phenolic OH excluding ortho intramolecular Hbond substituents is 1. The van der Waals surface area contributed by atoms with E-state index in [-0.39, 0.29) is 5.41 Å². The maximum absolute atomic E-state index is 9.49. The molecule has 2 atom stereocenters. The normalized spacial score (nSPS) is 27.7. The van der Waals surface area contributed by atoms with Gasteiger partial charge in [0.2, 0.25) is 0 Å². The fraction of sp³-hybridized carbons (Fsp3) is 0.500. The molecule has 1 aliphatic carbocycles. The zero-order valence-electron chi connectivity index (χ0n) is 9.00. The Morgan fingerprint density at radius 1 is 1.47 bits per heavy atom. The highest BCUT2D eigenvalue weighted by Crippen LogP contribution is 2.65. The van der Waals surface area contributed by atoms with E-state index < -0.39 is 0 Å². The highest BCUT2D eigenvalue weighted by molar-refractivity contribution is 9.10. The summed E-state index contributed by atoms with van der Waals surface area (Å²) in [6, 6.07) is 5.43. The van der Waals surface area contributed by atoms with Crippen LogP contribution < -0.4 is 5.73 Å². The lowest BCUT2D eigenvalue weighted by Gasteiger charge is -2.06. The maximum atomic E-state index is 9.49. The van der Waals surface area contributed by atoms with Crippen molar-refractivity contribution in [1.29, 1.82) is 0 Å². The second kappa shape index (κ2) is 3.49. The van der Waals surface area contributed by atoms with Gasteiger partial charge in [0.25, 0.3) is 0 Å². The third kappa shape index (κ3) is 1.68. The summed E-state index contributed by atoms with van der Waals surface area (Å²) < 4.78 is 1.06. The fourth-order valence-electron chi connectivity index (χ4n) is 2.57. The fourth-order valence-corrected chi connectivity index (χ4v) is 3.06. The summed E-state index contributed by atoms with van der Waals surface area (Å²) in [5, 5.41) is 9.49. The van der Waals surface area contributed by atoms with E-state index in [1.54, 1.807) is 6.07 Å². The van der Waals surface area contributed by atoms with Gasteiger partial charge in [0.1, 0.15) is 5.75 Å². The first-order valence-electron chi connectivity index (χ1n) is 5.17. The van der Waals surface area contributed by atoms with Gasteiger partial charge >= 0.3 is 0 Å². The molecule has 0 radical (unpaired) electrons.